The van der Waals surface area contributed by atoms with Gasteiger partial charge in [0, 0.05) is 18.5 Å². The van der Waals surface area contributed by atoms with E-state index in [1.165, 1.54) is 0 Å². The highest BCUT2D eigenvalue weighted by molar-refractivity contribution is 5.85. The molecule has 0 aromatic rings. The van der Waals surface area contributed by atoms with Crippen LogP contribution in [0, 0.1) is 17.3 Å². The third kappa shape index (κ3) is 7.17. The van der Waals surface area contributed by atoms with Crippen LogP contribution < -0.4 is 10.6 Å². The molecule has 0 unspecified atom stereocenters. The molecule has 2 N–H and O–H groups in total. The summed E-state index contributed by atoms with van der Waals surface area (Å²) in [4.78, 5) is 12.1. The minimum absolute atomic E-state index is 0. The summed E-state index contributed by atoms with van der Waals surface area (Å²) in [5, 5.41) is 6.54. The summed E-state index contributed by atoms with van der Waals surface area (Å²) in [5.74, 6) is 1.13. The number of amides is 1. The normalized spacial score (nSPS) is 23.9. The quantitative estimate of drug-likeness (QED) is 0.817. The number of carbonyl (C=O) groups excluding carboxylic acids is 1. The van der Waals surface area contributed by atoms with E-state index in [4.69, 9.17) is 0 Å². The number of hydrogen-bond donors (Lipinski definition) is 2. The molecule has 2 atom stereocenters. The topological polar surface area (TPSA) is 41.1 Å². The van der Waals surface area contributed by atoms with E-state index < -0.39 is 0 Å². The van der Waals surface area contributed by atoms with Crippen molar-refractivity contribution in [3.63, 3.8) is 0 Å². The van der Waals surface area contributed by atoms with Gasteiger partial charge in [0.15, 0.2) is 0 Å². The number of piperidine rings is 1. The van der Waals surface area contributed by atoms with Crippen LogP contribution in [0.5, 0.6) is 0 Å². The van der Waals surface area contributed by atoms with Crippen molar-refractivity contribution in [2.24, 2.45) is 17.3 Å². The highest BCUT2D eigenvalue weighted by atomic mass is 35.5. The van der Waals surface area contributed by atoms with Crippen molar-refractivity contribution in [2.45, 2.75) is 59.9 Å². The number of nitrogens with one attached hydrogen (secondary N) is 2. The smallest absolute Gasteiger partial charge is 0.223 e. The summed E-state index contributed by atoms with van der Waals surface area (Å²) in [6.45, 7) is 12.9. The molecule has 1 amide bonds. The molecule has 1 heterocycles. The molecule has 1 fully saturated rings. The molecule has 1 aliphatic heterocycles. The summed E-state index contributed by atoms with van der Waals surface area (Å²) >= 11 is 0. The molecule has 0 spiro atoms. The maximum Gasteiger partial charge on any atom is 0.223 e. The van der Waals surface area contributed by atoms with Crippen LogP contribution in [0.4, 0.5) is 0 Å². The molecule has 0 aromatic heterocycles. The van der Waals surface area contributed by atoms with E-state index in [-0.39, 0.29) is 29.6 Å². The Labute approximate surface area is 124 Å². The van der Waals surface area contributed by atoms with Crippen LogP contribution >= 0.6 is 12.4 Å². The van der Waals surface area contributed by atoms with Gasteiger partial charge in [-0.1, -0.05) is 27.7 Å². The third-order valence-corrected chi connectivity index (χ3v) is 3.70. The Hall–Kier alpha value is -0.280. The van der Waals surface area contributed by atoms with Crippen molar-refractivity contribution in [3.8, 4) is 0 Å². The lowest BCUT2D eigenvalue weighted by atomic mass is 9.83. The van der Waals surface area contributed by atoms with E-state index in [9.17, 15) is 4.79 Å². The Balaban J connectivity index is 0.00000324. The number of halogens is 1. The number of rotatable bonds is 5. The van der Waals surface area contributed by atoms with Crippen molar-refractivity contribution in [1.82, 2.24) is 10.6 Å². The molecular weight excluding hydrogens is 260 g/mol. The van der Waals surface area contributed by atoms with Gasteiger partial charge in [-0.15, -0.1) is 12.4 Å². The zero-order valence-electron chi connectivity index (χ0n) is 13.1. The predicted octanol–water partition coefficient (Wildman–Crippen LogP) is 2.98. The first-order valence-corrected chi connectivity index (χ1v) is 7.31. The zero-order valence-corrected chi connectivity index (χ0v) is 13.9. The SMILES string of the molecule is CC(C)CC(C)(C)CNC(=O)[C@H]1CCN[C@@H](C)C1.Cl. The second-order valence-electron chi connectivity index (χ2n) is 7.06. The maximum atomic E-state index is 12.1. The molecule has 0 bridgehead atoms. The zero-order chi connectivity index (χ0) is 13.8. The first-order valence-electron chi connectivity index (χ1n) is 7.31. The van der Waals surface area contributed by atoms with Gasteiger partial charge in [-0.2, -0.15) is 0 Å². The molecule has 0 radical (unpaired) electrons. The van der Waals surface area contributed by atoms with E-state index >= 15 is 0 Å². The minimum atomic E-state index is 0. The van der Waals surface area contributed by atoms with Crippen LogP contribution in [-0.4, -0.2) is 25.0 Å². The van der Waals surface area contributed by atoms with Crippen LogP contribution in [0.2, 0.25) is 0 Å². The fourth-order valence-electron chi connectivity index (χ4n) is 3.02. The van der Waals surface area contributed by atoms with E-state index in [2.05, 4.69) is 45.3 Å². The summed E-state index contributed by atoms with van der Waals surface area (Å²) in [5.41, 5.74) is 0.197. The summed E-state index contributed by atoms with van der Waals surface area (Å²) in [6, 6.07) is 0.471. The van der Waals surface area contributed by atoms with Crippen molar-refractivity contribution >= 4 is 18.3 Å². The Kier molecular flexibility index (Phi) is 7.99. The van der Waals surface area contributed by atoms with Crippen molar-refractivity contribution in [2.75, 3.05) is 13.1 Å². The largest absolute Gasteiger partial charge is 0.355 e. The molecular formula is C15H31ClN2O. The fourth-order valence-corrected chi connectivity index (χ4v) is 3.02. The molecule has 1 saturated heterocycles. The molecule has 0 saturated carbocycles. The number of carbonyl (C=O) groups is 1. The lowest BCUT2D eigenvalue weighted by molar-refractivity contribution is -0.126. The molecule has 0 aliphatic carbocycles. The molecule has 19 heavy (non-hydrogen) atoms. The van der Waals surface area contributed by atoms with Crippen LogP contribution in [0.3, 0.4) is 0 Å². The van der Waals surface area contributed by atoms with Gasteiger partial charge in [-0.25, -0.2) is 0 Å². The van der Waals surface area contributed by atoms with Gasteiger partial charge < -0.3 is 10.6 Å². The van der Waals surface area contributed by atoms with E-state index in [1.54, 1.807) is 0 Å². The van der Waals surface area contributed by atoms with Crippen LogP contribution in [-0.2, 0) is 4.79 Å². The Morgan fingerprint density at radius 3 is 2.58 bits per heavy atom. The van der Waals surface area contributed by atoms with Gasteiger partial charge >= 0.3 is 0 Å². The molecule has 1 rings (SSSR count). The van der Waals surface area contributed by atoms with Gasteiger partial charge in [0.1, 0.15) is 0 Å². The van der Waals surface area contributed by atoms with Crippen molar-refractivity contribution < 1.29 is 4.79 Å². The number of hydrogen-bond acceptors (Lipinski definition) is 2. The van der Waals surface area contributed by atoms with Crippen molar-refractivity contribution in [1.29, 1.82) is 0 Å². The van der Waals surface area contributed by atoms with Crippen molar-refractivity contribution in [3.05, 3.63) is 0 Å². The van der Waals surface area contributed by atoms with Crippen LogP contribution in [0.25, 0.3) is 0 Å². The van der Waals surface area contributed by atoms with Crippen LogP contribution in [0.1, 0.15) is 53.9 Å². The lowest BCUT2D eigenvalue weighted by Crippen LogP contribution is -2.44. The standard InChI is InChI=1S/C15H30N2O.ClH/c1-11(2)9-15(4,5)10-17-14(18)13-6-7-16-12(3)8-13;/h11-13,16H,6-10H2,1-5H3,(H,17,18);1H/t12-,13-;/m0./s1. The van der Waals surface area contributed by atoms with E-state index in [1.807, 2.05) is 0 Å². The molecule has 0 aromatic carbocycles. The summed E-state index contributed by atoms with van der Waals surface area (Å²) < 4.78 is 0. The minimum Gasteiger partial charge on any atom is -0.355 e. The van der Waals surface area contributed by atoms with Gasteiger partial charge in [0.25, 0.3) is 0 Å². The fraction of sp³-hybridized carbons (Fsp3) is 0.933. The highest BCUT2D eigenvalue weighted by Crippen LogP contribution is 2.24. The molecule has 114 valence electrons. The van der Waals surface area contributed by atoms with Gasteiger partial charge in [0.2, 0.25) is 5.91 Å². The third-order valence-electron chi connectivity index (χ3n) is 3.70. The Morgan fingerprint density at radius 2 is 2.05 bits per heavy atom. The van der Waals surface area contributed by atoms with Gasteiger partial charge in [-0.05, 0) is 44.1 Å². The predicted molar refractivity (Wildman–Crippen MR) is 83.7 cm³/mol. The second kappa shape index (κ2) is 8.11. The Morgan fingerprint density at radius 1 is 1.42 bits per heavy atom. The van der Waals surface area contributed by atoms with E-state index in [0.29, 0.717) is 12.0 Å². The van der Waals surface area contributed by atoms with Gasteiger partial charge in [0.05, 0.1) is 0 Å². The average Bonchev–Trinajstić information content (AvgIpc) is 2.24. The van der Waals surface area contributed by atoms with E-state index in [0.717, 1.165) is 32.4 Å². The molecule has 1 aliphatic rings. The summed E-state index contributed by atoms with van der Waals surface area (Å²) in [6.07, 6.45) is 3.09. The maximum absolute atomic E-state index is 12.1. The molecule has 3 nitrogen and oxygen atoms in total. The highest BCUT2D eigenvalue weighted by Gasteiger charge is 2.26. The van der Waals surface area contributed by atoms with Gasteiger partial charge in [-0.3, -0.25) is 4.79 Å². The Bertz CT molecular complexity index is 279. The summed E-state index contributed by atoms with van der Waals surface area (Å²) in [7, 11) is 0. The molecule has 4 heteroatoms. The second-order valence-corrected chi connectivity index (χ2v) is 7.06. The van der Waals surface area contributed by atoms with Crippen LogP contribution in [0.15, 0.2) is 0 Å². The first-order chi connectivity index (χ1) is 8.30. The lowest BCUT2D eigenvalue weighted by Gasteiger charge is -2.30. The average molecular weight is 291 g/mol. The monoisotopic (exact) mass is 290 g/mol. The first kappa shape index (κ1) is 18.7.